The monoisotopic (exact) mass is 272 g/mol. The number of rotatable bonds is 1. The van der Waals surface area contributed by atoms with E-state index >= 15 is 0 Å². The van der Waals surface area contributed by atoms with E-state index in [-0.39, 0.29) is 5.41 Å². The molecule has 0 aromatic rings. The van der Waals surface area contributed by atoms with Gasteiger partial charge in [-0.25, -0.2) is 0 Å². The fourth-order valence-electron chi connectivity index (χ4n) is 6.65. The Balaban J connectivity index is 1.72. The molecule has 4 aliphatic rings. The molecule has 0 amide bonds. The van der Waals surface area contributed by atoms with Crippen LogP contribution in [0.3, 0.4) is 0 Å². The predicted octanol–water partition coefficient (Wildman–Crippen LogP) is 4.91. The molecule has 0 aromatic heterocycles. The van der Waals surface area contributed by atoms with Crippen LogP contribution in [0.5, 0.6) is 0 Å². The van der Waals surface area contributed by atoms with E-state index in [1.807, 2.05) is 0 Å². The van der Waals surface area contributed by atoms with Crippen molar-refractivity contribution < 1.29 is 4.79 Å². The van der Waals surface area contributed by atoms with Gasteiger partial charge in [-0.3, -0.25) is 0 Å². The van der Waals surface area contributed by atoms with Crippen LogP contribution in [0.4, 0.5) is 0 Å². The van der Waals surface area contributed by atoms with Gasteiger partial charge in [0, 0.05) is 5.41 Å². The van der Waals surface area contributed by atoms with E-state index in [1.54, 1.807) is 0 Å². The zero-order chi connectivity index (χ0) is 13.8. The van der Waals surface area contributed by atoms with Crippen LogP contribution in [0.25, 0.3) is 0 Å². The summed E-state index contributed by atoms with van der Waals surface area (Å²) in [4.78, 5) is 12.1. The molecule has 0 saturated heterocycles. The van der Waals surface area contributed by atoms with Crippen LogP contribution in [-0.2, 0) is 4.79 Å². The second kappa shape index (κ2) is 4.45. The minimum Gasteiger partial charge on any atom is -0.302 e. The van der Waals surface area contributed by atoms with Gasteiger partial charge in [-0.05, 0) is 81.0 Å². The van der Waals surface area contributed by atoms with E-state index in [0.29, 0.717) is 11.3 Å². The maximum atomic E-state index is 12.1. The lowest BCUT2D eigenvalue weighted by molar-refractivity contribution is -0.125. The van der Waals surface area contributed by atoms with Crippen LogP contribution in [0, 0.1) is 28.6 Å². The summed E-state index contributed by atoms with van der Waals surface area (Å²) in [5, 5.41) is 0. The smallest absolute Gasteiger partial charge is 0.130 e. The molecule has 110 valence electrons. The zero-order valence-electron chi connectivity index (χ0n) is 12.9. The first kappa shape index (κ1) is 13.1. The fourth-order valence-corrected chi connectivity index (χ4v) is 6.65. The summed E-state index contributed by atoms with van der Waals surface area (Å²) in [5.41, 5.74) is 2.10. The second-order valence-corrected chi connectivity index (χ2v) is 8.28. The van der Waals surface area contributed by atoms with Crippen molar-refractivity contribution in [1.29, 1.82) is 0 Å². The minimum absolute atomic E-state index is 0.0366. The van der Waals surface area contributed by atoms with Crippen LogP contribution in [0.2, 0.25) is 0 Å². The Hall–Kier alpha value is -0.590. The minimum atomic E-state index is -0.0366. The summed E-state index contributed by atoms with van der Waals surface area (Å²) < 4.78 is 0. The highest BCUT2D eigenvalue weighted by Crippen LogP contribution is 2.64. The van der Waals surface area contributed by atoms with Gasteiger partial charge in [0.2, 0.25) is 0 Å². The number of aldehydes is 1. The average Bonchev–Trinajstić information content (AvgIpc) is 2.88. The van der Waals surface area contributed by atoms with Crippen molar-refractivity contribution in [3.05, 3.63) is 11.6 Å². The first-order chi connectivity index (χ1) is 9.70. The molecule has 1 heteroatoms. The van der Waals surface area contributed by atoms with Crippen molar-refractivity contribution >= 4 is 6.29 Å². The van der Waals surface area contributed by atoms with Crippen LogP contribution in [-0.4, -0.2) is 6.29 Å². The molecule has 5 atom stereocenters. The Morgan fingerprint density at radius 3 is 2.85 bits per heavy atom. The fraction of sp³-hybridized carbons (Fsp3) is 0.842. The lowest BCUT2D eigenvalue weighted by Crippen LogP contribution is -2.50. The van der Waals surface area contributed by atoms with Gasteiger partial charge in [0.05, 0.1) is 0 Å². The maximum Gasteiger partial charge on any atom is 0.130 e. The van der Waals surface area contributed by atoms with Gasteiger partial charge in [0.25, 0.3) is 0 Å². The summed E-state index contributed by atoms with van der Waals surface area (Å²) >= 11 is 0. The molecule has 0 radical (unpaired) electrons. The molecule has 20 heavy (non-hydrogen) atoms. The summed E-state index contributed by atoms with van der Waals surface area (Å²) in [6.45, 7) is 2.54. The molecule has 0 N–H and O–H groups in total. The summed E-state index contributed by atoms with van der Waals surface area (Å²) in [5.74, 6) is 2.44. The summed E-state index contributed by atoms with van der Waals surface area (Å²) in [6.07, 6.45) is 17.0. The highest BCUT2D eigenvalue weighted by atomic mass is 16.1. The van der Waals surface area contributed by atoms with Crippen molar-refractivity contribution in [3.8, 4) is 0 Å². The van der Waals surface area contributed by atoms with Crippen molar-refractivity contribution in [1.82, 2.24) is 0 Å². The second-order valence-electron chi connectivity index (χ2n) is 8.28. The van der Waals surface area contributed by atoms with Gasteiger partial charge in [0.15, 0.2) is 0 Å². The Kier molecular flexibility index (Phi) is 2.91. The highest BCUT2D eigenvalue weighted by molar-refractivity contribution is 5.67. The van der Waals surface area contributed by atoms with Gasteiger partial charge in [-0.15, -0.1) is 0 Å². The molecule has 1 nitrogen and oxygen atoms in total. The normalized spacial score (nSPS) is 50.6. The van der Waals surface area contributed by atoms with Gasteiger partial charge in [-0.1, -0.05) is 25.0 Å². The third-order valence-electron chi connectivity index (χ3n) is 7.62. The van der Waals surface area contributed by atoms with E-state index in [2.05, 4.69) is 13.0 Å². The zero-order valence-corrected chi connectivity index (χ0v) is 12.9. The third-order valence-corrected chi connectivity index (χ3v) is 7.62. The third kappa shape index (κ3) is 1.58. The lowest BCUT2D eigenvalue weighted by Gasteiger charge is -2.56. The van der Waals surface area contributed by atoms with Crippen LogP contribution in [0.1, 0.15) is 71.1 Å². The molecule has 0 unspecified atom stereocenters. The number of carbonyl (C=O) groups excluding carboxylic acids is 1. The summed E-state index contributed by atoms with van der Waals surface area (Å²) in [7, 11) is 0. The molecule has 0 bridgehead atoms. The molecule has 0 spiro atoms. The van der Waals surface area contributed by atoms with E-state index in [1.165, 1.54) is 69.6 Å². The Morgan fingerprint density at radius 2 is 2.00 bits per heavy atom. The number of allylic oxidation sites excluding steroid dienone is 2. The Morgan fingerprint density at radius 1 is 1.10 bits per heavy atom. The molecule has 3 saturated carbocycles. The Labute approximate surface area is 123 Å². The topological polar surface area (TPSA) is 17.1 Å². The first-order valence-electron chi connectivity index (χ1n) is 8.85. The lowest BCUT2D eigenvalue weighted by atomic mass is 9.47. The molecular formula is C19H28O. The predicted molar refractivity (Wildman–Crippen MR) is 81.3 cm³/mol. The van der Waals surface area contributed by atoms with E-state index in [4.69, 9.17) is 0 Å². The van der Waals surface area contributed by atoms with Gasteiger partial charge < -0.3 is 4.79 Å². The van der Waals surface area contributed by atoms with E-state index < -0.39 is 0 Å². The molecule has 0 heterocycles. The standard InChI is InChI=1S/C19H28O/c1-18-10-4-6-16(18)15-8-7-14-5-2-3-11-19(14,13-20)17(15)9-12-18/h5,13,15-17H,2-4,6-12H2,1H3/t15-,16-,17+,18-,19+/m0/s1. The number of hydrogen-bond donors (Lipinski definition) is 0. The number of fused-ring (bicyclic) bond motifs is 5. The molecule has 3 fully saturated rings. The van der Waals surface area contributed by atoms with Crippen LogP contribution < -0.4 is 0 Å². The molecule has 0 aliphatic heterocycles. The molecule has 4 aliphatic carbocycles. The molecule has 0 aromatic carbocycles. The SMILES string of the molecule is C[C@@]12CCC[C@H]1[C@@H]1CCC3=CCCC[C@]3(C=O)[C@@H]1CC2. The van der Waals surface area contributed by atoms with Gasteiger partial charge >= 0.3 is 0 Å². The highest BCUT2D eigenvalue weighted by Gasteiger charge is 2.57. The Bertz CT molecular complexity index is 451. The number of carbonyl (C=O) groups is 1. The van der Waals surface area contributed by atoms with Crippen LogP contribution >= 0.6 is 0 Å². The van der Waals surface area contributed by atoms with E-state index in [9.17, 15) is 4.79 Å². The van der Waals surface area contributed by atoms with Crippen molar-refractivity contribution in [2.24, 2.45) is 28.6 Å². The van der Waals surface area contributed by atoms with Crippen molar-refractivity contribution in [2.45, 2.75) is 71.1 Å². The largest absolute Gasteiger partial charge is 0.302 e. The van der Waals surface area contributed by atoms with Crippen LogP contribution in [0.15, 0.2) is 11.6 Å². The quantitative estimate of drug-likeness (QED) is 0.489. The van der Waals surface area contributed by atoms with E-state index in [0.717, 1.165) is 18.3 Å². The van der Waals surface area contributed by atoms with Gasteiger partial charge in [0.1, 0.15) is 6.29 Å². The first-order valence-corrected chi connectivity index (χ1v) is 8.85. The van der Waals surface area contributed by atoms with Gasteiger partial charge in [-0.2, -0.15) is 0 Å². The maximum absolute atomic E-state index is 12.1. The summed E-state index contributed by atoms with van der Waals surface area (Å²) in [6, 6.07) is 0. The molecule has 4 rings (SSSR count). The van der Waals surface area contributed by atoms with Crippen molar-refractivity contribution in [3.63, 3.8) is 0 Å². The average molecular weight is 272 g/mol. The van der Waals surface area contributed by atoms with Crippen molar-refractivity contribution in [2.75, 3.05) is 0 Å². The number of hydrogen-bond acceptors (Lipinski definition) is 1. The molecular weight excluding hydrogens is 244 g/mol.